The fourth-order valence-electron chi connectivity index (χ4n) is 1.37. The van der Waals surface area contributed by atoms with E-state index in [2.05, 4.69) is 0 Å². The summed E-state index contributed by atoms with van der Waals surface area (Å²) in [6.45, 7) is 1.99. The first-order valence-electron chi connectivity index (χ1n) is 3.87. The monoisotopic (exact) mass is 165 g/mol. The topological polar surface area (TPSA) is 70.1 Å². The van der Waals surface area contributed by atoms with Crippen LogP contribution < -0.4 is 11.6 Å². The normalized spacial score (nSPS) is 11.1. The van der Waals surface area contributed by atoms with Crippen molar-refractivity contribution in [3.63, 3.8) is 0 Å². The molecular weight excluding hydrogens is 154 g/mol. The lowest BCUT2D eigenvalue weighted by molar-refractivity contribution is 0.559. The van der Waals surface area contributed by atoms with E-state index in [4.69, 9.17) is 16.0 Å². The van der Waals surface area contributed by atoms with E-state index in [0.717, 1.165) is 23.3 Å². The molecule has 2 aromatic rings. The highest BCUT2D eigenvalue weighted by molar-refractivity contribution is 5.88. The number of aryl methyl sites for hydroxylation is 1. The molecule has 2 heterocycles. The molecule has 2 aromatic heterocycles. The van der Waals surface area contributed by atoms with Crippen LogP contribution in [0, 0.1) is 0 Å². The highest BCUT2D eigenvalue weighted by atomic mass is 16.3. The van der Waals surface area contributed by atoms with Crippen molar-refractivity contribution in [1.82, 2.24) is 4.68 Å². The molecule has 0 radical (unpaired) electrons. The van der Waals surface area contributed by atoms with Gasteiger partial charge in [-0.2, -0.15) is 0 Å². The van der Waals surface area contributed by atoms with Gasteiger partial charge in [0.15, 0.2) is 5.58 Å². The van der Waals surface area contributed by atoms with Crippen molar-refractivity contribution >= 4 is 16.8 Å². The predicted octanol–water partition coefficient (Wildman–Crippen LogP) is 1.09. The van der Waals surface area contributed by atoms with E-state index >= 15 is 0 Å². The molecule has 0 fully saturated rings. The zero-order valence-electron chi connectivity index (χ0n) is 6.87. The van der Waals surface area contributed by atoms with Gasteiger partial charge in [0.1, 0.15) is 17.0 Å². The van der Waals surface area contributed by atoms with Crippen LogP contribution in [0.5, 0.6) is 0 Å². The minimum absolute atomic E-state index is 0.653. The number of nitrogens with zero attached hydrogens (tertiary/aromatic N) is 1. The molecule has 0 saturated carbocycles. The molecule has 12 heavy (non-hydrogen) atoms. The Morgan fingerprint density at radius 3 is 2.92 bits per heavy atom. The van der Waals surface area contributed by atoms with Crippen LogP contribution in [-0.4, -0.2) is 4.68 Å². The first-order valence-corrected chi connectivity index (χ1v) is 3.87. The van der Waals surface area contributed by atoms with E-state index < -0.39 is 0 Å². The Morgan fingerprint density at radius 2 is 2.33 bits per heavy atom. The van der Waals surface area contributed by atoms with Crippen LogP contribution in [-0.2, 0) is 6.42 Å². The summed E-state index contributed by atoms with van der Waals surface area (Å²) >= 11 is 0. The number of hydrogen-bond acceptors (Lipinski definition) is 3. The lowest BCUT2D eigenvalue weighted by Crippen LogP contribution is -2.06. The van der Waals surface area contributed by atoms with Crippen LogP contribution in [0.1, 0.15) is 12.7 Å². The van der Waals surface area contributed by atoms with Gasteiger partial charge in [0.05, 0.1) is 0 Å². The Kier molecular flexibility index (Phi) is 1.30. The molecule has 4 nitrogen and oxygen atoms in total. The van der Waals surface area contributed by atoms with Crippen molar-refractivity contribution in [2.75, 3.05) is 11.6 Å². The first-order chi connectivity index (χ1) is 5.74. The molecule has 0 saturated heterocycles. The van der Waals surface area contributed by atoms with Gasteiger partial charge in [-0.25, -0.2) is 0 Å². The van der Waals surface area contributed by atoms with Crippen LogP contribution in [0.4, 0.5) is 5.69 Å². The summed E-state index contributed by atoms with van der Waals surface area (Å²) in [5, 5.41) is 0. The first kappa shape index (κ1) is 7.09. The highest BCUT2D eigenvalue weighted by Crippen LogP contribution is 2.27. The van der Waals surface area contributed by atoms with Crippen LogP contribution >= 0.6 is 0 Å². The molecule has 4 N–H and O–H groups in total. The molecule has 0 aliphatic carbocycles. The number of aromatic nitrogens is 1. The molecule has 2 rings (SSSR count). The van der Waals surface area contributed by atoms with Crippen LogP contribution in [0.15, 0.2) is 16.7 Å². The second-order valence-electron chi connectivity index (χ2n) is 2.73. The molecule has 0 bridgehead atoms. The second-order valence-corrected chi connectivity index (χ2v) is 2.73. The molecule has 0 spiro atoms. The summed E-state index contributed by atoms with van der Waals surface area (Å²) < 4.78 is 6.92. The SMILES string of the molecule is CCc1oc2ccn(N)c2c1N. The Bertz CT molecular complexity index is 413. The van der Waals surface area contributed by atoms with Gasteiger partial charge in [0.25, 0.3) is 0 Å². The van der Waals surface area contributed by atoms with Crippen molar-refractivity contribution in [2.24, 2.45) is 0 Å². The van der Waals surface area contributed by atoms with Gasteiger partial charge in [-0.15, -0.1) is 0 Å². The van der Waals surface area contributed by atoms with Crippen LogP contribution in [0.2, 0.25) is 0 Å². The standard InChI is InChI=1S/C8H11N3O/c1-2-5-7(9)8-6(12-5)3-4-11(8)10/h3-4H,2,9-10H2,1H3. The summed E-state index contributed by atoms with van der Waals surface area (Å²) in [6.07, 6.45) is 2.52. The molecule has 0 aliphatic heterocycles. The maximum Gasteiger partial charge on any atom is 0.156 e. The summed E-state index contributed by atoms with van der Waals surface area (Å²) in [6, 6.07) is 1.81. The Balaban J connectivity index is 2.80. The van der Waals surface area contributed by atoms with Gasteiger partial charge >= 0.3 is 0 Å². The van der Waals surface area contributed by atoms with Crippen molar-refractivity contribution < 1.29 is 4.42 Å². The van der Waals surface area contributed by atoms with E-state index in [0.29, 0.717) is 5.69 Å². The molecule has 0 unspecified atom stereocenters. The van der Waals surface area contributed by atoms with Crippen molar-refractivity contribution in [3.05, 3.63) is 18.0 Å². The van der Waals surface area contributed by atoms with Gasteiger partial charge in [0, 0.05) is 18.7 Å². The number of rotatable bonds is 1. The predicted molar refractivity (Wildman–Crippen MR) is 48.1 cm³/mol. The smallest absolute Gasteiger partial charge is 0.156 e. The summed E-state index contributed by atoms with van der Waals surface area (Å²) in [4.78, 5) is 0. The van der Waals surface area contributed by atoms with E-state index in [1.54, 1.807) is 6.20 Å². The van der Waals surface area contributed by atoms with Gasteiger partial charge in [-0.05, 0) is 0 Å². The highest BCUT2D eigenvalue weighted by Gasteiger charge is 2.12. The number of hydrogen-bond donors (Lipinski definition) is 2. The number of furan rings is 1. The van der Waals surface area contributed by atoms with Crippen LogP contribution in [0.25, 0.3) is 11.1 Å². The number of nitrogen functional groups attached to an aromatic ring is 2. The maximum absolute atomic E-state index is 5.80. The van der Waals surface area contributed by atoms with Gasteiger partial charge in [-0.3, -0.25) is 4.68 Å². The lowest BCUT2D eigenvalue weighted by atomic mass is 10.3. The lowest BCUT2D eigenvalue weighted by Gasteiger charge is -1.94. The molecular formula is C8H11N3O. The average molecular weight is 165 g/mol. The molecule has 4 heteroatoms. The third-order valence-electron chi connectivity index (χ3n) is 1.99. The largest absolute Gasteiger partial charge is 0.457 e. The quantitative estimate of drug-likeness (QED) is 0.621. The zero-order valence-corrected chi connectivity index (χ0v) is 6.87. The molecule has 0 atom stereocenters. The minimum atomic E-state index is 0.653. The Hall–Kier alpha value is -1.58. The van der Waals surface area contributed by atoms with Gasteiger partial charge < -0.3 is 16.0 Å². The maximum atomic E-state index is 5.80. The average Bonchev–Trinajstić information content (AvgIpc) is 2.55. The number of fused-ring (bicyclic) bond motifs is 1. The molecule has 64 valence electrons. The molecule has 0 aliphatic rings. The summed E-state index contributed by atoms with van der Waals surface area (Å²) in [7, 11) is 0. The van der Waals surface area contributed by atoms with E-state index in [1.807, 2.05) is 13.0 Å². The molecule has 0 amide bonds. The summed E-state index contributed by atoms with van der Waals surface area (Å²) in [5.41, 5.74) is 7.99. The fraction of sp³-hybridized carbons (Fsp3) is 0.250. The summed E-state index contributed by atoms with van der Waals surface area (Å²) in [5.74, 6) is 6.43. The van der Waals surface area contributed by atoms with E-state index in [9.17, 15) is 0 Å². The van der Waals surface area contributed by atoms with Crippen molar-refractivity contribution in [3.8, 4) is 0 Å². The van der Waals surface area contributed by atoms with Crippen molar-refractivity contribution in [2.45, 2.75) is 13.3 Å². The van der Waals surface area contributed by atoms with Crippen molar-refractivity contribution in [1.29, 1.82) is 0 Å². The fourth-order valence-corrected chi connectivity index (χ4v) is 1.37. The van der Waals surface area contributed by atoms with E-state index in [1.165, 1.54) is 4.68 Å². The number of nitrogens with two attached hydrogens (primary N) is 2. The third kappa shape index (κ3) is 0.717. The van der Waals surface area contributed by atoms with Gasteiger partial charge in [0.2, 0.25) is 0 Å². The Labute approximate surface area is 69.7 Å². The number of anilines is 1. The Morgan fingerprint density at radius 1 is 1.58 bits per heavy atom. The third-order valence-corrected chi connectivity index (χ3v) is 1.99. The minimum Gasteiger partial charge on any atom is -0.457 e. The molecule has 0 aromatic carbocycles. The van der Waals surface area contributed by atoms with Gasteiger partial charge in [-0.1, -0.05) is 6.92 Å². The van der Waals surface area contributed by atoms with Crippen LogP contribution in [0.3, 0.4) is 0 Å². The van der Waals surface area contributed by atoms with E-state index in [-0.39, 0.29) is 0 Å². The second kappa shape index (κ2) is 2.20. The zero-order chi connectivity index (χ0) is 8.72.